The zero-order valence-corrected chi connectivity index (χ0v) is 12.7. The molecule has 0 aromatic carbocycles. The molecule has 0 aliphatic rings. The number of aryl methyl sites for hydroxylation is 4. The normalized spacial score (nSPS) is 11.1. The maximum atomic E-state index is 5.90. The molecule has 0 aliphatic carbocycles. The number of halogens is 1. The van der Waals surface area contributed by atoms with E-state index in [-0.39, 0.29) is 0 Å². The van der Waals surface area contributed by atoms with Crippen LogP contribution in [-0.2, 0) is 19.4 Å². The van der Waals surface area contributed by atoms with Gasteiger partial charge in [0.2, 0.25) is 0 Å². The topological polar surface area (TPSA) is 43.6 Å². The van der Waals surface area contributed by atoms with Gasteiger partial charge in [-0.1, -0.05) is 6.07 Å². The van der Waals surface area contributed by atoms with Gasteiger partial charge in [0.1, 0.15) is 11.3 Å². The lowest BCUT2D eigenvalue weighted by atomic mass is 10.2. The first-order valence-corrected chi connectivity index (χ1v) is 7.58. The molecule has 3 aromatic rings. The second-order valence-corrected chi connectivity index (χ2v) is 5.46. The van der Waals surface area contributed by atoms with Crippen LogP contribution in [0.25, 0.3) is 11.2 Å². The van der Waals surface area contributed by atoms with Crippen LogP contribution >= 0.6 is 11.6 Å². The van der Waals surface area contributed by atoms with Gasteiger partial charge in [-0.05, 0) is 36.6 Å². The quantitative estimate of drug-likeness (QED) is 0.680. The highest BCUT2D eigenvalue weighted by Crippen LogP contribution is 2.17. The Bertz CT molecular complexity index is 737. The van der Waals surface area contributed by atoms with Crippen molar-refractivity contribution in [2.45, 2.75) is 26.3 Å². The number of hydrogen-bond acceptors (Lipinski definition) is 3. The Kier molecular flexibility index (Phi) is 4.15. The molecule has 3 heterocycles. The van der Waals surface area contributed by atoms with Crippen molar-refractivity contribution in [1.82, 2.24) is 19.5 Å². The van der Waals surface area contributed by atoms with Gasteiger partial charge in [-0.2, -0.15) is 0 Å². The fourth-order valence-corrected chi connectivity index (χ4v) is 2.62. The molecule has 21 heavy (non-hydrogen) atoms. The second-order valence-electron chi connectivity index (χ2n) is 5.09. The summed E-state index contributed by atoms with van der Waals surface area (Å²) in [5.41, 5.74) is 4.21. The average Bonchev–Trinajstić information content (AvgIpc) is 2.83. The van der Waals surface area contributed by atoms with E-state index in [1.165, 1.54) is 5.56 Å². The lowest BCUT2D eigenvalue weighted by Gasteiger charge is -2.07. The highest BCUT2D eigenvalue weighted by atomic mass is 35.5. The standard InChI is InChI=1S/C16H17ClN4/c1-12-9-14-16(19-10-12)21(15(20-14)4-6-17)8-5-13-3-2-7-18-11-13/h2-3,7,9-11H,4-6,8H2,1H3. The number of imidazole rings is 1. The number of rotatable bonds is 5. The summed E-state index contributed by atoms with van der Waals surface area (Å²) in [4.78, 5) is 13.4. The predicted molar refractivity (Wildman–Crippen MR) is 84.6 cm³/mol. The van der Waals surface area contributed by atoms with E-state index in [0.29, 0.717) is 5.88 Å². The molecule has 4 nitrogen and oxygen atoms in total. The van der Waals surface area contributed by atoms with E-state index in [2.05, 4.69) is 31.7 Å². The van der Waals surface area contributed by atoms with Crippen LogP contribution in [0.5, 0.6) is 0 Å². The Morgan fingerprint density at radius 3 is 2.90 bits per heavy atom. The van der Waals surface area contributed by atoms with Crippen molar-refractivity contribution in [2.24, 2.45) is 0 Å². The van der Waals surface area contributed by atoms with Gasteiger partial charge in [0.05, 0.1) is 0 Å². The highest BCUT2D eigenvalue weighted by Gasteiger charge is 2.11. The first kappa shape index (κ1) is 14.0. The largest absolute Gasteiger partial charge is 0.312 e. The average molecular weight is 301 g/mol. The fourth-order valence-electron chi connectivity index (χ4n) is 2.46. The van der Waals surface area contributed by atoms with Crippen LogP contribution < -0.4 is 0 Å². The minimum atomic E-state index is 0.565. The van der Waals surface area contributed by atoms with Gasteiger partial charge in [0.25, 0.3) is 0 Å². The Labute approximate surface area is 128 Å². The third kappa shape index (κ3) is 3.05. The molecule has 108 valence electrons. The number of aromatic nitrogens is 4. The summed E-state index contributed by atoms with van der Waals surface area (Å²) in [5, 5.41) is 0. The molecule has 0 saturated carbocycles. The van der Waals surface area contributed by atoms with Crippen LogP contribution in [0.15, 0.2) is 36.8 Å². The molecule has 0 aliphatic heterocycles. The van der Waals surface area contributed by atoms with E-state index in [1.807, 2.05) is 25.4 Å². The fraction of sp³-hybridized carbons (Fsp3) is 0.312. The Morgan fingerprint density at radius 2 is 2.14 bits per heavy atom. The molecular weight excluding hydrogens is 284 g/mol. The van der Waals surface area contributed by atoms with Crippen molar-refractivity contribution in [3.05, 3.63) is 53.7 Å². The zero-order valence-electron chi connectivity index (χ0n) is 12.0. The summed E-state index contributed by atoms with van der Waals surface area (Å²) in [7, 11) is 0. The number of fused-ring (bicyclic) bond motifs is 1. The molecule has 0 radical (unpaired) electrons. The van der Waals surface area contributed by atoms with Gasteiger partial charge in [0, 0.05) is 37.4 Å². The smallest absolute Gasteiger partial charge is 0.160 e. The number of hydrogen-bond donors (Lipinski definition) is 0. The van der Waals surface area contributed by atoms with Crippen LogP contribution in [0.4, 0.5) is 0 Å². The molecule has 5 heteroatoms. The van der Waals surface area contributed by atoms with Gasteiger partial charge in [0.15, 0.2) is 5.65 Å². The van der Waals surface area contributed by atoms with E-state index in [0.717, 1.165) is 41.9 Å². The third-order valence-electron chi connectivity index (χ3n) is 3.47. The van der Waals surface area contributed by atoms with Crippen LogP contribution in [0, 0.1) is 6.92 Å². The maximum absolute atomic E-state index is 5.90. The summed E-state index contributed by atoms with van der Waals surface area (Å²) >= 11 is 5.90. The zero-order chi connectivity index (χ0) is 14.7. The molecule has 0 N–H and O–H groups in total. The van der Waals surface area contributed by atoms with E-state index in [9.17, 15) is 0 Å². The molecule has 0 spiro atoms. The van der Waals surface area contributed by atoms with Gasteiger partial charge in [-0.25, -0.2) is 9.97 Å². The Morgan fingerprint density at radius 1 is 1.24 bits per heavy atom. The Hall–Kier alpha value is -1.94. The van der Waals surface area contributed by atoms with Gasteiger partial charge in [-0.3, -0.25) is 4.98 Å². The number of nitrogens with zero attached hydrogens (tertiary/aromatic N) is 4. The molecule has 0 bridgehead atoms. The minimum absolute atomic E-state index is 0.565. The number of pyridine rings is 2. The molecule has 0 unspecified atom stereocenters. The van der Waals surface area contributed by atoms with Crippen molar-refractivity contribution in [1.29, 1.82) is 0 Å². The van der Waals surface area contributed by atoms with Crippen molar-refractivity contribution in [3.63, 3.8) is 0 Å². The first-order valence-electron chi connectivity index (χ1n) is 7.04. The summed E-state index contributed by atoms with van der Waals surface area (Å²) in [6, 6.07) is 6.12. The van der Waals surface area contributed by atoms with Crippen LogP contribution in [0.1, 0.15) is 17.0 Å². The molecule has 0 fully saturated rings. The van der Waals surface area contributed by atoms with Crippen LogP contribution in [0.3, 0.4) is 0 Å². The lowest BCUT2D eigenvalue weighted by molar-refractivity contribution is 0.668. The predicted octanol–water partition coefficient (Wildman–Crippen LogP) is 3.16. The second kappa shape index (κ2) is 6.22. The molecule has 3 rings (SSSR count). The molecule has 3 aromatic heterocycles. The van der Waals surface area contributed by atoms with E-state index in [1.54, 1.807) is 6.20 Å². The van der Waals surface area contributed by atoms with E-state index < -0.39 is 0 Å². The van der Waals surface area contributed by atoms with Crippen LogP contribution in [0.2, 0.25) is 0 Å². The van der Waals surface area contributed by atoms with Crippen molar-refractivity contribution < 1.29 is 0 Å². The van der Waals surface area contributed by atoms with Crippen molar-refractivity contribution >= 4 is 22.8 Å². The van der Waals surface area contributed by atoms with E-state index >= 15 is 0 Å². The molecule has 0 amide bonds. The molecule has 0 atom stereocenters. The maximum Gasteiger partial charge on any atom is 0.160 e. The number of alkyl halides is 1. The van der Waals surface area contributed by atoms with Gasteiger partial charge in [-0.15, -0.1) is 11.6 Å². The highest BCUT2D eigenvalue weighted by molar-refractivity contribution is 6.17. The van der Waals surface area contributed by atoms with E-state index in [4.69, 9.17) is 11.6 Å². The van der Waals surface area contributed by atoms with Crippen LogP contribution in [-0.4, -0.2) is 25.4 Å². The molecule has 0 saturated heterocycles. The third-order valence-corrected chi connectivity index (χ3v) is 3.65. The monoisotopic (exact) mass is 300 g/mol. The Balaban J connectivity index is 1.93. The molecular formula is C16H17ClN4. The van der Waals surface area contributed by atoms with Crippen molar-refractivity contribution in [3.8, 4) is 0 Å². The first-order chi connectivity index (χ1) is 10.3. The summed E-state index contributed by atoms with van der Waals surface area (Å²) in [5.74, 6) is 1.57. The summed E-state index contributed by atoms with van der Waals surface area (Å²) in [6.45, 7) is 2.87. The van der Waals surface area contributed by atoms with Gasteiger partial charge >= 0.3 is 0 Å². The van der Waals surface area contributed by atoms with Gasteiger partial charge < -0.3 is 4.57 Å². The summed E-state index contributed by atoms with van der Waals surface area (Å²) < 4.78 is 2.17. The lowest BCUT2D eigenvalue weighted by Crippen LogP contribution is -2.07. The minimum Gasteiger partial charge on any atom is -0.312 e. The van der Waals surface area contributed by atoms with Crippen molar-refractivity contribution in [2.75, 3.05) is 5.88 Å². The summed E-state index contributed by atoms with van der Waals surface area (Å²) in [6.07, 6.45) is 7.24. The SMILES string of the molecule is Cc1cnc2c(c1)nc(CCCl)n2CCc1cccnc1.